The Hall–Kier alpha value is -6.30. The van der Waals surface area contributed by atoms with Gasteiger partial charge in [0.15, 0.2) is 0 Å². The van der Waals surface area contributed by atoms with Crippen molar-refractivity contribution in [2.24, 2.45) is 0 Å². The van der Waals surface area contributed by atoms with E-state index in [1.807, 2.05) is 11.3 Å². The molecule has 2 aliphatic rings. The number of hydrogen-bond acceptors (Lipinski definition) is 4. The number of aryl methyl sites for hydroxylation is 2. The summed E-state index contributed by atoms with van der Waals surface area (Å²) in [5.74, 6) is 0. The van der Waals surface area contributed by atoms with E-state index in [4.69, 9.17) is 4.42 Å². The zero-order valence-corrected chi connectivity index (χ0v) is 40.5. The zero-order chi connectivity index (χ0) is 45.3. The molecule has 0 atom stereocenters. The lowest BCUT2D eigenvalue weighted by atomic mass is 9.35. The largest absolute Gasteiger partial charge is 0.468 e. The number of fused-ring (bicyclic) bond motifs is 7. The Morgan fingerprint density at radius 1 is 0.492 bits per heavy atom. The van der Waals surface area contributed by atoms with Gasteiger partial charge < -0.3 is 14.2 Å². The van der Waals surface area contributed by atoms with Crippen LogP contribution in [0.2, 0.25) is 0 Å². The topological polar surface area (TPSA) is 19.6 Å². The van der Waals surface area contributed by atoms with E-state index >= 15 is 0 Å². The highest BCUT2D eigenvalue weighted by Crippen LogP contribution is 2.51. The normalized spacial score (nSPS) is 13.7. The van der Waals surface area contributed by atoms with Gasteiger partial charge in [0.2, 0.25) is 0 Å². The maximum absolute atomic E-state index is 7.36. The number of thiophene rings is 1. The van der Waals surface area contributed by atoms with E-state index in [0.29, 0.717) is 0 Å². The quantitative estimate of drug-likeness (QED) is 0.164. The van der Waals surface area contributed by atoms with Gasteiger partial charge in [-0.05, 0) is 140 Å². The van der Waals surface area contributed by atoms with Crippen molar-refractivity contribution >= 4 is 89.8 Å². The second-order valence-electron chi connectivity index (χ2n) is 21.6. The maximum Gasteiger partial charge on any atom is 0.297 e. The molecule has 0 saturated heterocycles. The highest BCUT2D eigenvalue weighted by atomic mass is 32.1. The van der Waals surface area contributed by atoms with Gasteiger partial charge in [0, 0.05) is 37.6 Å². The van der Waals surface area contributed by atoms with Crippen molar-refractivity contribution in [3.63, 3.8) is 0 Å². The Bertz CT molecular complexity index is 3310. The number of hydrogen-bond donors (Lipinski definition) is 0. The lowest BCUT2D eigenvalue weighted by Gasteiger charge is -2.43. The van der Waals surface area contributed by atoms with Gasteiger partial charge in [-0.15, -0.1) is 11.3 Å². The molecule has 0 amide bonds. The number of nitrogens with zero attached hydrogens (tertiary/aromatic N) is 2. The monoisotopic (exact) mass is 864 g/mol. The summed E-state index contributed by atoms with van der Waals surface area (Å²) in [6.07, 6.45) is 0. The SMILES string of the molecule is Cc1cc(C(C)(C)C)cc(C)c1N1c2cccc3c2B(c2ccc(-c4cc5ccccc5s4)cc2N3c2ccc(C(C)(C)C)cc2-c2ccccc2)c2oc3ccc(C(C)(C)C)cc3c21. The van der Waals surface area contributed by atoms with Crippen LogP contribution in [0.25, 0.3) is 42.6 Å². The third-order valence-corrected chi connectivity index (χ3v) is 15.1. The van der Waals surface area contributed by atoms with Crippen LogP contribution in [0.5, 0.6) is 0 Å². The molecule has 0 N–H and O–H groups in total. The molecule has 65 heavy (non-hydrogen) atoms. The van der Waals surface area contributed by atoms with Crippen molar-refractivity contribution in [1.82, 2.24) is 0 Å². The first-order valence-electron chi connectivity index (χ1n) is 23.2. The Kier molecular flexibility index (Phi) is 9.31. The molecule has 0 spiro atoms. The fourth-order valence-electron chi connectivity index (χ4n) is 10.4. The van der Waals surface area contributed by atoms with Crippen molar-refractivity contribution < 1.29 is 4.42 Å². The third kappa shape index (κ3) is 6.68. The zero-order valence-electron chi connectivity index (χ0n) is 39.6. The highest BCUT2D eigenvalue weighted by molar-refractivity contribution is 7.22. The second kappa shape index (κ2) is 14.6. The number of benzene rings is 7. The minimum absolute atomic E-state index is 0.0139. The van der Waals surface area contributed by atoms with Crippen molar-refractivity contribution in [1.29, 1.82) is 0 Å². The van der Waals surface area contributed by atoms with Gasteiger partial charge in [0.1, 0.15) is 5.58 Å². The van der Waals surface area contributed by atoms with E-state index in [-0.39, 0.29) is 23.0 Å². The van der Waals surface area contributed by atoms with E-state index in [1.165, 1.54) is 93.1 Å². The van der Waals surface area contributed by atoms with Gasteiger partial charge in [-0.3, -0.25) is 0 Å². The van der Waals surface area contributed by atoms with Crippen LogP contribution < -0.4 is 26.4 Å². The molecule has 0 unspecified atom stereocenters. The van der Waals surface area contributed by atoms with E-state index in [9.17, 15) is 0 Å². The summed E-state index contributed by atoms with van der Waals surface area (Å²) in [6.45, 7) is 25.2. The van der Waals surface area contributed by atoms with Gasteiger partial charge in [-0.25, -0.2) is 0 Å². The van der Waals surface area contributed by atoms with Gasteiger partial charge in [-0.1, -0.05) is 153 Å². The average Bonchev–Trinajstić information content (AvgIpc) is 3.88. The Morgan fingerprint density at radius 3 is 1.83 bits per heavy atom. The van der Waals surface area contributed by atoms with Crippen LogP contribution in [-0.2, 0) is 16.2 Å². The molecule has 5 heteroatoms. The molecule has 0 fully saturated rings. The molecule has 7 aromatic carbocycles. The number of anilines is 6. The molecule has 0 aliphatic carbocycles. The first kappa shape index (κ1) is 41.4. The summed E-state index contributed by atoms with van der Waals surface area (Å²) in [7, 11) is 0. The molecule has 11 rings (SSSR count). The van der Waals surface area contributed by atoms with Crippen LogP contribution in [0.15, 0.2) is 150 Å². The minimum atomic E-state index is -0.149. The molecule has 0 bridgehead atoms. The van der Waals surface area contributed by atoms with Gasteiger partial charge in [0.05, 0.1) is 22.7 Å². The van der Waals surface area contributed by atoms with Crippen molar-refractivity contribution in [3.8, 4) is 21.6 Å². The van der Waals surface area contributed by atoms with E-state index in [0.717, 1.165) is 28.0 Å². The lowest BCUT2D eigenvalue weighted by Crippen LogP contribution is -2.61. The van der Waals surface area contributed by atoms with E-state index in [2.05, 4.69) is 232 Å². The van der Waals surface area contributed by atoms with Gasteiger partial charge in [0.25, 0.3) is 6.71 Å². The standard InChI is InChI=1S/C60H57BN2OS/c1-36-30-43(60(9,10)11)31-37(2)55(36)63-49-22-17-21-48-54(49)61(57-56(63)45-35-42(59(6,7)8)26-29-51(45)64-57)46-27-24-40(53-33-39-20-15-16-23-52(39)65-53)32-50(46)62(48)47-28-25-41(58(3,4)5)34-44(47)38-18-13-12-14-19-38/h12-35H,1-11H3. The van der Waals surface area contributed by atoms with Crippen LogP contribution in [0.3, 0.4) is 0 Å². The Morgan fingerprint density at radius 2 is 1.14 bits per heavy atom. The lowest BCUT2D eigenvalue weighted by molar-refractivity contribution is 0.589. The molecule has 2 aromatic heterocycles. The molecule has 4 heterocycles. The molecular formula is C60H57BN2OS. The summed E-state index contributed by atoms with van der Waals surface area (Å²) in [4.78, 5) is 6.40. The summed E-state index contributed by atoms with van der Waals surface area (Å²) in [5.41, 5.74) is 21.5. The Balaban J connectivity index is 1.25. The van der Waals surface area contributed by atoms with Crippen molar-refractivity contribution in [2.75, 3.05) is 9.80 Å². The van der Waals surface area contributed by atoms with E-state index < -0.39 is 0 Å². The first-order valence-corrected chi connectivity index (χ1v) is 24.0. The number of furan rings is 1. The average molecular weight is 865 g/mol. The highest BCUT2D eigenvalue weighted by Gasteiger charge is 2.47. The molecular weight excluding hydrogens is 808 g/mol. The fraction of sp³-hybridized carbons (Fsp3) is 0.233. The van der Waals surface area contributed by atoms with Gasteiger partial charge >= 0.3 is 0 Å². The molecule has 0 saturated carbocycles. The maximum atomic E-state index is 7.36. The first-order chi connectivity index (χ1) is 31.0. The Labute approximate surface area is 389 Å². The van der Waals surface area contributed by atoms with Crippen LogP contribution in [-0.4, -0.2) is 6.71 Å². The second-order valence-corrected chi connectivity index (χ2v) is 22.7. The molecule has 3 nitrogen and oxygen atoms in total. The predicted octanol–water partition coefficient (Wildman–Crippen LogP) is 15.6. The smallest absolute Gasteiger partial charge is 0.297 e. The minimum Gasteiger partial charge on any atom is -0.468 e. The predicted molar refractivity (Wildman–Crippen MR) is 282 cm³/mol. The summed E-state index contributed by atoms with van der Waals surface area (Å²) < 4.78 is 8.66. The van der Waals surface area contributed by atoms with Crippen molar-refractivity contribution in [3.05, 3.63) is 173 Å². The molecule has 322 valence electrons. The van der Waals surface area contributed by atoms with Crippen LogP contribution >= 0.6 is 11.3 Å². The summed E-state index contributed by atoms with van der Waals surface area (Å²) in [6, 6.07) is 55.1. The number of rotatable bonds is 4. The summed E-state index contributed by atoms with van der Waals surface area (Å²) in [5, 5.41) is 2.42. The summed E-state index contributed by atoms with van der Waals surface area (Å²) >= 11 is 1.86. The van der Waals surface area contributed by atoms with Crippen LogP contribution in [0.4, 0.5) is 34.1 Å². The molecule has 9 aromatic rings. The fourth-order valence-corrected chi connectivity index (χ4v) is 11.5. The van der Waals surface area contributed by atoms with Crippen LogP contribution in [0, 0.1) is 13.8 Å². The van der Waals surface area contributed by atoms with Crippen LogP contribution in [0.1, 0.15) is 90.1 Å². The van der Waals surface area contributed by atoms with Gasteiger partial charge in [-0.2, -0.15) is 0 Å². The van der Waals surface area contributed by atoms with E-state index in [1.54, 1.807) is 0 Å². The molecule has 2 aliphatic heterocycles. The molecule has 0 radical (unpaired) electrons. The third-order valence-electron chi connectivity index (χ3n) is 13.9. The van der Waals surface area contributed by atoms with Crippen molar-refractivity contribution in [2.45, 2.75) is 92.4 Å².